The van der Waals surface area contributed by atoms with Gasteiger partial charge in [-0.1, -0.05) is 0 Å². The topological polar surface area (TPSA) is 40.5 Å². The molecule has 17 heavy (non-hydrogen) atoms. The zero-order chi connectivity index (χ0) is 13.1. The van der Waals surface area contributed by atoms with Gasteiger partial charge in [-0.2, -0.15) is 0 Å². The number of rotatable bonds is 5. The molecule has 0 atom stereocenters. The number of aliphatic carboxylic acids is 1. The molecule has 0 saturated heterocycles. The van der Waals surface area contributed by atoms with E-state index in [9.17, 15) is 4.79 Å². The highest BCUT2D eigenvalue weighted by Crippen LogP contribution is 2.26. The van der Waals surface area contributed by atoms with Crippen LogP contribution in [0.3, 0.4) is 0 Å². The van der Waals surface area contributed by atoms with Crippen LogP contribution in [0.25, 0.3) is 0 Å². The van der Waals surface area contributed by atoms with Gasteiger partial charge in [0.2, 0.25) is 0 Å². The van der Waals surface area contributed by atoms with E-state index >= 15 is 0 Å². The number of hydrogen-bond acceptors (Lipinski definition) is 3. The van der Waals surface area contributed by atoms with Crippen LogP contribution in [0.15, 0.2) is 15.9 Å². The molecule has 0 amide bonds. The van der Waals surface area contributed by atoms with E-state index < -0.39 is 5.97 Å². The summed E-state index contributed by atoms with van der Waals surface area (Å²) in [5, 5.41) is 8.77. The number of hydrogen-bond donors (Lipinski definition) is 1. The van der Waals surface area contributed by atoms with Gasteiger partial charge in [-0.05, 0) is 48.8 Å². The van der Waals surface area contributed by atoms with Gasteiger partial charge in [-0.3, -0.25) is 9.69 Å². The SMILES string of the molecule is CC(C)(C)N(CCC(=O)O)Cc1ccc(Br)s1. The largest absolute Gasteiger partial charge is 0.481 e. The van der Waals surface area contributed by atoms with E-state index in [0.717, 1.165) is 10.3 Å². The number of carboxylic acid groups (broad SMARTS) is 1. The maximum atomic E-state index is 10.7. The number of carbonyl (C=O) groups is 1. The Morgan fingerprint density at radius 3 is 2.53 bits per heavy atom. The van der Waals surface area contributed by atoms with E-state index in [4.69, 9.17) is 5.11 Å². The molecule has 0 saturated carbocycles. The number of carboxylic acids is 1. The summed E-state index contributed by atoms with van der Waals surface area (Å²) in [5.74, 6) is -0.744. The first-order valence-electron chi connectivity index (χ1n) is 5.50. The average molecular weight is 320 g/mol. The summed E-state index contributed by atoms with van der Waals surface area (Å²) in [6.45, 7) is 7.70. The van der Waals surface area contributed by atoms with Crippen molar-refractivity contribution < 1.29 is 9.90 Å². The van der Waals surface area contributed by atoms with E-state index in [1.165, 1.54) is 4.88 Å². The molecule has 0 unspecified atom stereocenters. The molecule has 1 aromatic heterocycles. The van der Waals surface area contributed by atoms with Gasteiger partial charge in [0, 0.05) is 23.5 Å². The molecule has 0 aliphatic rings. The number of nitrogens with zero attached hydrogens (tertiary/aromatic N) is 1. The third kappa shape index (κ3) is 5.19. The van der Waals surface area contributed by atoms with Crippen LogP contribution < -0.4 is 0 Å². The molecule has 0 fully saturated rings. The first-order chi connectivity index (χ1) is 7.79. The van der Waals surface area contributed by atoms with Crippen LogP contribution in [0.5, 0.6) is 0 Å². The van der Waals surface area contributed by atoms with Gasteiger partial charge >= 0.3 is 5.97 Å². The number of halogens is 1. The molecule has 0 spiro atoms. The van der Waals surface area contributed by atoms with Gasteiger partial charge in [0.1, 0.15) is 0 Å². The molecule has 0 aromatic carbocycles. The molecular weight excluding hydrogens is 302 g/mol. The molecule has 0 aliphatic heterocycles. The van der Waals surface area contributed by atoms with Crippen LogP contribution in [0.1, 0.15) is 32.1 Å². The molecule has 1 N–H and O–H groups in total. The predicted molar refractivity (Wildman–Crippen MR) is 74.4 cm³/mol. The Kier molecular flexibility index (Phi) is 5.16. The van der Waals surface area contributed by atoms with Crippen molar-refractivity contribution in [1.29, 1.82) is 0 Å². The van der Waals surface area contributed by atoms with Crippen LogP contribution in [0.2, 0.25) is 0 Å². The van der Waals surface area contributed by atoms with Crippen LogP contribution in [0, 0.1) is 0 Å². The Hall–Kier alpha value is -0.390. The van der Waals surface area contributed by atoms with Crippen molar-refractivity contribution in [3.8, 4) is 0 Å². The lowest BCUT2D eigenvalue weighted by Gasteiger charge is -2.35. The standard InChI is InChI=1S/C12H18BrNO2S/c1-12(2,3)14(7-6-11(15)16)8-9-4-5-10(13)17-9/h4-5H,6-8H2,1-3H3,(H,15,16). The molecule has 0 aliphatic carbocycles. The summed E-state index contributed by atoms with van der Waals surface area (Å²) >= 11 is 5.13. The summed E-state index contributed by atoms with van der Waals surface area (Å²) in [4.78, 5) is 14.1. The average Bonchev–Trinajstić information content (AvgIpc) is 2.56. The Morgan fingerprint density at radius 2 is 2.12 bits per heavy atom. The lowest BCUT2D eigenvalue weighted by atomic mass is 10.1. The zero-order valence-corrected chi connectivity index (χ0v) is 12.8. The zero-order valence-electron chi connectivity index (χ0n) is 10.4. The second-order valence-corrected chi connectivity index (χ2v) is 7.49. The van der Waals surface area contributed by atoms with Crippen molar-refractivity contribution in [1.82, 2.24) is 4.90 Å². The van der Waals surface area contributed by atoms with Gasteiger partial charge in [-0.15, -0.1) is 11.3 Å². The normalized spacial score (nSPS) is 12.1. The summed E-state index contributed by atoms with van der Waals surface area (Å²) in [6, 6.07) is 4.10. The molecular formula is C12H18BrNO2S. The van der Waals surface area contributed by atoms with Gasteiger partial charge in [0.05, 0.1) is 10.2 Å². The van der Waals surface area contributed by atoms with E-state index in [0.29, 0.717) is 6.54 Å². The minimum Gasteiger partial charge on any atom is -0.481 e. The van der Waals surface area contributed by atoms with Crippen LogP contribution in [-0.4, -0.2) is 28.1 Å². The summed E-state index contributed by atoms with van der Waals surface area (Å²) in [7, 11) is 0. The smallest absolute Gasteiger partial charge is 0.304 e. The maximum Gasteiger partial charge on any atom is 0.304 e. The quantitative estimate of drug-likeness (QED) is 0.901. The molecule has 0 bridgehead atoms. The third-order valence-electron chi connectivity index (χ3n) is 2.52. The van der Waals surface area contributed by atoms with Gasteiger partial charge in [0.25, 0.3) is 0 Å². The molecule has 96 valence electrons. The molecule has 1 aromatic rings. The van der Waals surface area contributed by atoms with Gasteiger partial charge in [0.15, 0.2) is 0 Å². The van der Waals surface area contributed by atoms with E-state index in [1.54, 1.807) is 11.3 Å². The van der Waals surface area contributed by atoms with Crippen molar-refractivity contribution in [2.45, 2.75) is 39.3 Å². The fourth-order valence-electron chi connectivity index (χ4n) is 1.51. The van der Waals surface area contributed by atoms with Crippen LogP contribution in [0.4, 0.5) is 0 Å². The molecule has 3 nitrogen and oxygen atoms in total. The van der Waals surface area contributed by atoms with Crippen molar-refractivity contribution in [3.63, 3.8) is 0 Å². The van der Waals surface area contributed by atoms with E-state index in [-0.39, 0.29) is 12.0 Å². The Bertz CT molecular complexity index is 384. The molecule has 5 heteroatoms. The first-order valence-corrected chi connectivity index (χ1v) is 7.11. The maximum absolute atomic E-state index is 10.7. The highest BCUT2D eigenvalue weighted by Gasteiger charge is 2.22. The summed E-state index contributed by atoms with van der Waals surface area (Å²) < 4.78 is 1.11. The van der Waals surface area contributed by atoms with Crippen LogP contribution >= 0.6 is 27.3 Å². The lowest BCUT2D eigenvalue weighted by Crippen LogP contribution is -2.41. The predicted octanol–water partition coefficient (Wildman–Crippen LogP) is 3.59. The fourth-order valence-corrected chi connectivity index (χ4v) is 3.01. The molecule has 1 heterocycles. The minimum atomic E-state index is -0.744. The highest BCUT2D eigenvalue weighted by atomic mass is 79.9. The van der Waals surface area contributed by atoms with Crippen molar-refractivity contribution in [2.24, 2.45) is 0 Å². The van der Waals surface area contributed by atoms with Crippen molar-refractivity contribution in [3.05, 3.63) is 20.8 Å². The number of thiophene rings is 1. The molecule has 0 radical (unpaired) electrons. The Labute approximate surface area is 115 Å². The second kappa shape index (κ2) is 5.98. The molecule has 1 rings (SSSR count). The lowest BCUT2D eigenvalue weighted by molar-refractivity contribution is -0.137. The van der Waals surface area contributed by atoms with Crippen molar-refractivity contribution >= 4 is 33.2 Å². The van der Waals surface area contributed by atoms with Crippen molar-refractivity contribution in [2.75, 3.05) is 6.54 Å². The minimum absolute atomic E-state index is 0.0219. The van der Waals surface area contributed by atoms with E-state index in [2.05, 4.69) is 47.7 Å². The second-order valence-electron chi connectivity index (χ2n) is 4.94. The Balaban J connectivity index is 2.67. The summed E-state index contributed by atoms with van der Waals surface area (Å²) in [6.07, 6.45) is 0.184. The third-order valence-corrected chi connectivity index (χ3v) is 4.13. The highest BCUT2D eigenvalue weighted by molar-refractivity contribution is 9.11. The van der Waals surface area contributed by atoms with E-state index in [1.807, 2.05) is 6.07 Å². The first kappa shape index (κ1) is 14.7. The van der Waals surface area contributed by atoms with Gasteiger partial charge in [-0.25, -0.2) is 0 Å². The fraction of sp³-hybridized carbons (Fsp3) is 0.583. The van der Waals surface area contributed by atoms with Crippen LogP contribution in [-0.2, 0) is 11.3 Å². The van der Waals surface area contributed by atoms with Gasteiger partial charge < -0.3 is 5.11 Å². The Morgan fingerprint density at radius 1 is 1.47 bits per heavy atom. The summed E-state index contributed by atoms with van der Waals surface area (Å²) in [5.41, 5.74) is -0.0219. The monoisotopic (exact) mass is 319 g/mol.